The van der Waals surface area contributed by atoms with Gasteiger partial charge in [-0.3, -0.25) is 32.8 Å². The molecule has 0 spiro atoms. The SMILES string of the molecule is NCCN(CC(=O)NCCN(CC(=O)O)C(=O)Cn1cnc2c(N)ncnc21)C(=O)Cn1cnc2c(N)ncnc21.Nc1ccn([C@@H]2O[C@@]3(COP(O)(=S)OC4[C@@H]5OC[C@]4(CO)O[C@H]5n4ccc(N)nc4=O)CO[C@H]2C3O)c(=O)n1. The Kier molecular flexibility index (Phi) is 16.4. The first-order chi connectivity index (χ1) is 38.1. The van der Waals surface area contributed by atoms with Gasteiger partial charge in [0.2, 0.25) is 17.7 Å². The monoisotopic (exact) mass is 1160 g/mol. The maximum absolute atomic E-state index is 12.9. The van der Waals surface area contributed by atoms with E-state index in [1.165, 1.54) is 63.9 Å². The number of nitrogen functional groups attached to an aromatic ring is 4. The first-order valence-corrected chi connectivity index (χ1v) is 26.5. The third-order valence-electron chi connectivity index (χ3n) is 13.2. The first-order valence-electron chi connectivity index (χ1n) is 23.9. The van der Waals surface area contributed by atoms with Gasteiger partial charge in [-0.1, -0.05) is 0 Å². The van der Waals surface area contributed by atoms with Gasteiger partial charge in [0, 0.05) is 38.6 Å². The van der Waals surface area contributed by atoms with Crippen LogP contribution in [0.1, 0.15) is 12.5 Å². The second kappa shape index (κ2) is 23.1. The lowest BCUT2D eigenvalue weighted by Gasteiger charge is -2.33. The summed E-state index contributed by atoms with van der Waals surface area (Å²) in [6.45, 7) is -6.63. The van der Waals surface area contributed by atoms with Gasteiger partial charge in [-0.15, -0.1) is 0 Å². The Morgan fingerprint density at radius 2 is 1.31 bits per heavy atom. The van der Waals surface area contributed by atoms with E-state index in [2.05, 4.69) is 45.2 Å². The Hall–Kier alpha value is -7.81. The smallest absolute Gasteiger partial charge is 0.351 e. The lowest BCUT2D eigenvalue weighted by molar-refractivity contribution is -0.188. The van der Waals surface area contributed by atoms with Crippen molar-refractivity contribution in [2.75, 3.05) is 88.6 Å². The van der Waals surface area contributed by atoms with Crippen molar-refractivity contribution in [3.8, 4) is 0 Å². The number of anilines is 4. The largest absolute Gasteiger partial charge is 0.480 e. The zero-order chi connectivity index (χ0) is 57.3. The van der Waals surface area contributed by atoms with Crippen LogP contribution in [0.2, 0.25) is 0 Å². The van der Waals surface area contributed by atoms with Crippen molar-refractivity contribution in [2.45, 2.75) is 61.2 Å². The highest BCUT2D eigenvalue weighted by Crippen LogP contribution is 2.56. The topological polar surface area (TPSA) is 510 Å². The highest BCUT2D eigenvalue weighted by molar-refractivity contribution is 8.07. The second-order valence-electron chi connectivity index (χ2n) is 18.4. The average molecular weight is 1160 g/mol. The number of aliphatic hydroxyl groups is 2. The van der Waals surface area contributed by atoms with Gasteiger partial charge in [-0.2, -0.15) is 9.97 Å². The number of aromatic nitrogens is 12. The van der Waals surface area contributed by atoms with Gasteiger partial charge >= 0.3 is 24.1 Å². The van der Waals surface area contributed by atoms with Crippen LogP contribution in [0.25, 0.3) is 22.3 Å². The van der Waals surface area contributed by atoms with E-state index in [4.69, 9.17) is 68.5 Å². The molecule has 36 nitrogen and oxygen atoms in total. The van der Waals surface area contributed by atoms with Crippen molar-refractivity contribution >= 4 is 87.8 Å². The molecule has 9 atom stereocenters. The van der Waals surface area contributed by atoms with Crippen LogP contribution >= 0.6 is 6.72 Å². The van der Waals surface area contributed by atoms with Gasteiger partial charge in [-0.05, 0) is 23.9 Å². The summed E-state index contributed by atoms with van der Waals surface area (Å²) in [5.41, 5.74) is 25.3. The number of carbonyl (C=O) groups excluding carboxylic acids is 3. The van der Waals surface area contributed by atoms with Gasteiger partial charge in [0.15, 0.2) is 35.4 Å². The van der Waals surface area contributed by atoms with E-state index in [9.17, 15) is 49.0 Å². The number of fused-ring (bicyclic) bond motifs is 6. The third-order valence-corrected chi connectivity index (χ3v) is 14.7. The minimum absolute atomic E-state index is 0.0119. The van der Waals surface area contributed by atoms with E-state index in [1.54, 1.807) is 0 Å². The first kappa shape index (κ1) is 56.9. The van der Waals surface area contributed by atoms with Crippen LogP contribution < -0.4 is 45.4 Å². The van der Waals surface area contributed by atoms with Crippen LogP contribution in [-0.4, -0.2) is 213 Å². The van der Waals surface area contributed by atoms with Gasteiger partial charge in [-0.25, -0.2) is 39.5 Å². The Morgan fingerprint density at radius 3 is 1.85 bits per heavy atom. The average Bonchev–Trinajstić information content (AvgIpc) is 4.42. The van der Waals surface area contributed by atoms with Crippen molar-refractivity contribution < 1.29 is 67.4 Å². The van der Waals surface area contributed by atoms with Crippen LogP contribution in [0, 0.1) is 0 Å². The maximum Gasteiger partial charge on any atom is 0.351 e. The molecule has 0 radical (unpaired) electrons. The standard InChI is InChI=1S/C22H28N14O5.C20H25N6O11PS/c23-1-3-33(14(38)6-35-11-31-17-19(24)27-9-29-21(17)35)5-13(37)26-2-4-34(8-16(40)41)15(39)7-36-12-32-18-20(25)28-10-30-22(18)36;21-9-1-3-25(17(29)23-9)15-11-13(28)20(36-15,7-32-11)8-34-38(31,39)37-14-12-16(35-19(14,5-27)6-33-12)26-4-2-10(22)24-18(26)30/h9-12H,1-8,23H2,(H,26,37)(H,40,41)(H2,24,27,29)(H2,25,28,30);1-4,11-16,27-28H,5-8H2,(H,31,39)(H2,21,23,29)(H2,22,24,30)/t;11-,12-,13?,14?,15+,16+,19-,20+,38?/m.0/s1. The number of carboxylic acid groups (broad SMARTS) is 1. The maximum atomic E-state index is 12.9. The molecule has 428 valence electrons. The molecule has 4 aliphatic rings. The number of hydrogen-bond donors (Lipinski definition) is 10. The van der Waals surface area contributed by atoms with E-state index in [1.807, 2.05) is 0 Å². The zero-order valence-corrected chi connectivity index (χ0v) is 43.5. The number of aliphatic hydroxyl groups excluding tert-OH is 2. The molecule has 4 bridgehead atoms. The Morgan fingerprint density at radius 1 is 0.787 bits per heavy atom. The molecule has 10 heterocycles. The van der Waals surface area contributed by atoms with Gasteiger partial charge in [0.05, 0.1) is 45.6 Å². The molecular weight excluding hydrogens is 1100 g/mol. The molecule has 80 heavy (non-hydrogen) atoms. The summed E-state index contributed by atoms with van der Waals surface area (Å²) in [7, 11) is 0. The summed E-state index contributed by atoms with van der Waals surface area (Å²) < 4.78 is 39.8. The molecule has 0 saturated carbocycles. The molecule has 38 heteroatoms. The molecule has 10 rings (SSSR count). The van der Waals surface area contributed by atoms with Crippen LogP contribution in [0.5, 0.6) is 0 Å². The van der Waals surface area contributed by atoms with Crippen molar-refractivity contribution in [3.63, 3.8) is 0 Å². The van der Waals surface area contributed by atoms with E-state index < -0.39 is 110 Å². The molecular formula is C42H53N20O16PS. The number of nitrogens with one attached hydrogen (secondary N) is 1. The van der Waals surface area contributed by atoms with E-state index in [0.717, 1.165) is 14.0 Å². The number of aliphatic carboxylic acids is 1. The van der Waals surface area contributed by atoms with Crippen LogP contribution in [0.4, 0.5) is 23.3 Å². The summed E-state index contributed by atoms with van der Waals surface area (Å²) >= 11 is 5.23. The number of rotatable bonds is 21. The van der Waals surface area contributed by atoms with E-state index >= 15 is 0 Å². The molecule has 15 N–H and O–H groups in total. The Balaban J connectivity index is 0.000000194. The number of amides is 3. The number of ether oxygens (including phenoxy) is 4. The predicted molar refractivity (Wildman–Crippen MR) is 274 cm³/mol. The fourth-order valence-electron chi connectivity index (χ4n) is 9.22. The number of nitrogens with two attached hydrogens (primary N) is 5. The van der Waals surface area contributed by atoms with Crippen LogP contribution in [0.15, 0.2) is 59.4 Å². The normalized spacial score (nSPS) is 24.4. The number of nitrogens with zero attached hydrogens (tertiary/aromatic N) is 14. The molecule has 3 unspecified atom stereocenters. The number of hydrogen-bond acceptors (Lipinski definition) is 28. The lowest BCUT2D eigenvalue weighted by Crippen LogP contribution is -2.46. The van der Waals surface area contributed by atoms with Crippen LogP contribution in [-0.2, 0) is 72.1 Å². The second-order valence-corrected chi connectivity index (χ2v) is 21.2. The third kappa shape index (κ3) is 11.6. The fourth-order valence-corrected chi connectivity index (χ4v) is 10.7. The number of carbonyl (C=O) groups is 4. The highest BCUT2D eigenvalue weighted by atomic mass is 32.5. The minimum atomic E-state index is -4.10. The van der Waals surface area contributed by atoms with Crippen molar-refractivity contribution in [2.24, 2.45) is 5.73 Å². The van der Waals surface area contributed by atoms with E-state index in [-0.39, 0.29) is 82.3 Å². The summed E-state index contributed by atoms with van der Waals surface area (Å²) in [6, 6.07) is 2.79. The molecule has 0 aromatic carbocycles. The Bertz CT molecular complexity index is 3500. The molecule has 6 aromatic heterocycles. The molecule has 4 aliphatic heterocycles. The van der Waals surface area contributed by atoms with Gasteiger partial charge < -0.3 is 96.6 Å². The highest BCUT2D eigenvalue weighted by Gasteiger charge is 2.65. The predicted octanol–water partition coefficient (Wildman–Crippen LogP) is -6.38. The Labute approximate surface area is 453 Å². The summed E-state index contributed by atoms with van der Waals surface area (Å²) in [4.78, 5) is 119. The minimum Gasteiger partial charge on any atom is -0.480 e. The van der Waals surface area contributed by atoms with Crippen molar-refractivity contribution in [1.82, 2.24) is 73.3 Å². The number of carboxylic acids is 1. The molecule has 0 aliphatic carbocycles. The zero-order valence-electron chi connectivity index (χ0n) is 41.8. The fraction of sp³-hybridized carbons (Fsp3) is 0.476. The summed E-state index contributed by atoms with van der Waals surface area (Å²) in [5, 5.41) is 32.9. The molecule has 4 fully saturated rings. The van der Waals surface area contributed by atoms with Gasteiger partial charge in [0.1, 0.15) is 90.6 Å². The molecule has 6 aromatic rings. The molecule has 4 saturated heterocycles. The van der Waals surface area contributed by atoms with Crippen molar-refractivity contribution in [1.29, 1.82) is 0 Å². The lowest BCUT2D eigenvalue weighted by atomic mass is 10.0. The van der Waals surface area contributed by atoms with E-state index in [0.29, 0.717) is 22.3 Å². The van der Waals surface area contributed by atoms with Gasteiger partial charge in [0.25, 0.3) is 0 Å². The number of imidazole rings is 2. The molecule has 3 amide bonds. The van der Waals surface area contributed by atoms with Crippen LogP contribution in [0.3, 0.4) is 0 Å². The summed E-state index contributed by atoms with van der Waals surface area (Å²) in [6.07, 6.45) is 1.62. The van der Waals surface area contributed by atoms with Crippen molar-refractivity contribution in [3.05, 3.63) is 70.8 Å². The summed E-state index contributed by atoms with van der Waals surface area (Å²) in [5.74, 6) is -2.37. The quantitative estimate of drug-likeness (QED) is 0.0300.